The lowest BCUT2D eigenvalue weighted by Gasteiger charge is -1.92. The number of carboxylic acid groups (broad SMARTS) is 4. The van der Waals surface area contributed by atoms with Crippen molar-refractivity contribution >= 4 is 23.9 Å². The molecule has 18 heavy (non-hydrogen) atoms. The lowest BCUT2D eigenvalue weighted by molar-refractivity contribution is -0.139. The number of hydrogen-bond donors (Lipinski definition) is 4. The number of carboxylic acids is 4. The van der Waals surface area contributed by atoms with Crippen LogP contribution in [0.5, 0.6) is 0 Å². The molecule has 102 valence electrons. The first kappa shape index (κ1) is 18.0. The van der Waals surface area contributed by atoms with Gasteiger partial charge in [0, 0.05) is 25.0 Å². The topological polar surface area (TPSA) is 149 Å². The predicted octanol–water partition coefficient (Wildman–Crippen LogP) is 0.428. The van der Waals surface area contributed by atoms with Gasteiger partial charge >= 0.3 is 23.9 Å². The Kier molecular flexibility index (Phi) is 11.1. The molecule has 0 heterocycles. The van der Waals surface area contributed by atoms with E-state index in [1.165, 1.54) is 0 Å². The van der Waals surface area contributed by atoms with Crippen LogP contribution in [0, 0.1) is 0 Å². The minimum absolute atomic E-state index is 0.0628. The van der Waals surface area contributed by atoms with E-state index in [0.717, 1.165) is 0 Å². The molecule has 8 nitrogen and oxygen atoms in total. The van der Waals surface area contributed by atoms with Gasteiger partial charge in [0.2, 0.25) is 0 Å². The molecule has 0 unspecified atom stereocenters. The van der Waals surface area contributed by atoms with Crippen molar-refractivity contribution in [1.29, 1.82) is 0 Å². The Labute approximate surface area is 102 Å². The molecule has 0 bridgehead atoms. The van der Waals surface area contributed by atoms with Gasteiger partial charge in [-0.15, -0.1) is 0 Å². The fourth-order valence-corrected chi connectivity index (χ4v) is 0.695. The molecule has 0 atom stereocenters. The second-order valence-corrected chi connectivity index (χ2v) is 3.00. The van der Waals surface area contributed by atoms with Gasteiger partial charge in [-0.25, -0.2) is 9.59 Å². The number of aliphatic carboxylic acids is 4. The number of rotatable bonds is 7. The first-order chi connectivity index (χ1) is 8.25. The van der Waals surface area contributed by atoms with Crippen molar-refractivity contribution in [1.82, 2.24) is 0 Å². The van der Waals surface area contributed by atoms with Gasteiger partial charge in [0.15, 0.2) is 0 Å². The summed E-state index contributed by atoms with van der Waals surface area (Å²) in [6.07, 6.45) is 2.13. The van der Waals surface area contributed by atoms with Crippen LogP contribution in [0.3, 0.4) is 0 Å². The van der Waals surface area contributed by atoms with Crippen LogP contribution in [0.1, 0.15) is 25.7 Å². The van der Waals surface area contributed by atoms with Crippen LogP contribution in [-0.2, 0) is 19.2 Å². The predicted molar refractivity (Wildman–Crippen MR) is 58.2 cm³/mol. The van der Waals surface area contributed by atoms with Gasteiger partial charge in [0.05, 0.1) is 0 Å². The average Bonchev–Trinajstić information content (AvgIpc) is 2.22. The summed E-state index contributed by atoms with van der Waals surface area (Å²) in [4.78, 5) is 38.9. The molecule has 0 spiro atoms. The second-order valence-electron chi connectivity index (χ2n) is 3.00. The Morgan fingerprint density at radius 3 is 1.11 bits per heavy atom. The van der Waals surface area contributed by atoms with Crippen molar-refractivity contribution in [3.8, 4) is 0 Å². The van der Waals surface area contributed by atoms with E-state index in [0.29, 0.717) is 25.0 Å². The number of carbonyl (C=O) groups is 4. The van der Waals surface area contributed by atoms with Crippen molar-refractivity contribution in [3.63, 3.8) is 0 Å². The van der Waals surface area contributed by atoms with E-state index in [4.69, 9.17) is 20.4 Å². The molecule has 0 aromatic heterocycles. The summed E-state index contributed by atoms with van der Waals surface area (Å²) in [5.41, 5.74) is 0. The SMILES string of the molecule is O=C(O)C=CC(=O)O.O=C(O)CCCCC(=O)O. The zero-order valence-corrected chi connectivity index (χ0v) is 9.40. The minimum atomic E-state index is -1.26. The molecule has 0 radical (unpaired) electrons. The third kappa shape index (κ3) is 23.4. The Bertz CT molecular complexity index is 299. The van der Waals surface area contributed by atoms with Crippen molar-refractivity contribution in [3.05, 3.63) is 12.2 Å². The molecule has 0 saturated carbocycles. The second kappa shape index (κ2) is 11.1. The third-order valence-electron chi connectivity index (χ3n) is 1.40. The first-order valence-corrected chi connectivity index (χ1v) is 4.83. The van der Waals surface area contributed by atoms with Crippen molar-refractivity contribution in [2.24, 2.45) is 0 Å². The monoisotopic (exact) mass is 262 g/mol. The molecule has 0 aromatic rings. The van der Waals surface area contributed by atoms with Gasteiger partial charge in [-0.3, -0.25) is 9.59 Å². The first-order valence-electron chi connectivity index (χ1n) is 4.83. The summed E-state index contributed by atoms with van der Waals surface area (Å²) in [5, 5.41) is 31.9. The van der Waals surface area contributed by atoms with E-state index < -0.39 is 23.9 Å². The van der Waals surface area contributed by atoms with Crippen molar-refractivity contribution in [2.75, 3.05) is 0 Å². The minimum Gasteiger partial charge on any atom is -0.481 e. The Balaban J connectivity index is 0. The Morgan fingerprint density at radius 2 is 0.944 bits per heavy atom. The molecule has 0 amide bonds. The molecular formula is C10H14O8. The zero-order valence-electron chi connectivity index (χ0n) is 9.40. The van der Waals surface area contributed by atoms with Gasteiger partial charge in [0.25, 0.3) is 0 Å². The van der Waals surface area contributed by atoms with E-state index in [1.807, 2.05) is 0 Å². The van der Waals surface area contributed by atoms with Crippen molar-refractivity contribution in [2.45, 2.75) is 25.7 Å². The number of hydrogen-bond acceptors (Lipinski definition) is 4. The Hall–Kier alpha value is -2.38. The molecule has 8 heteroatoms. The molecule has 0 rings (SSSR count). The highest BCUT2D eigenvalue weighted by Gasteiger charge is 1.99. The van der Waals surface area contributed by atoms with Crippen LogP contribution in [0.4, 0.5) is 0 Å². The fraction of sp³-hybridized carbons (Fsp3) is 0.400. The van der Waals surface area contributed by atoms with E-state index in [2.05, 4.69) is 0 Å². The van der Waals surface area contributed by atoms with E-state index in [-0.39, 0.29) is 12.8 Å². The Morgan fingerprint density at radius 1 is 0.667 bits per heavy atom. The summed E-state index contributed by atoms with van der Waals surface area (Å²) >= 11 is 0. The highest BCUT2D eigenvalue weighted by molar-refractivity contribution is 5.89. The van der Waals surface area contributed by atoms with Crippen LogP contribution in [-0.4, -0.2) is 44.3 Å². The van der Waals surface area contributed by atoms with Crippen LogP contribution in [0.25, 0.3) is 0 Å². The van der Waals surface area contributed by atoms with Gasteiger partial charge in [0.1, 0.15) is 0 Å². The maximum atomic E-state index is 9.90. The lowest BCUT2D eigenvalue weighted by atomic mass is 10.2. The molecular weight excluding hydrogens is 248 g/mol. The van der Waals surface area contributed by atoms with Gasteiger partial charge < -0.3 is 20.4 Å². The van der Waals surface area contributed by atoms with Gasteiger partial charge in [-0.05, 0) is 12.8 Å². The maximum Gasteiger partial charge on any atom is 0.328 e. The molecule has 0 aromatic carbocycles. The highest BCUT2D eigenvalue weighted by Crippen LogP contribution is 1.98. The highest BCUT2D eigenvalue weighted by atomic mass is 16.4. The summed E-state index contributed by atoms with van der Waals surface area (Å²) in [7, 11) is 0. The van der Waals surface area contributed by atoms with Gasteiger partial charge in [-0.1, -0.05) is 0 Å². The van der Waals surface area contributed by atoms with E-state index >= 15 is 0 Å². The van der Waals surface area contributed by atoms with Crippen LogP contribution in [0.15, 0.2) is 12.2 Å². The summed E-state index contributed by atoms with van der Waals surface area (Å²) in [6.45, 7) is 0. The largest absolute Gasteiger partial charge is 0.481 e. The quantitative estimate of drug-likeness (QED) is 0.381. The molecule has 0 aliphatic carbocycles. The van der Waals surface area contributed by atoms with E-state index in [9.17, 15) is 19.2 Å². The normalized spacial score (nSPS) is 9.33. The smallest absolute Gasteiger partial charge is 0.328 e. The molecule has 0 saturated heterocycles. The molecule has 4 N–H and O–H groups in total. The summed E-state index contributed by atoms with van der Waals surface area (Å²) in [6, 6.07) is 0. The third-order valence-corrected chi connectivity index (χ3v) is 1.40. The van der Waals surface area contributed by atoms with Crippen molar-refractivity contribution < 1.29 is 39.6 Å². The maximum absolute atomic E-state index is 9.90. The van der Waals surface area contributed by atoms with Gasteiger partial charge in [-0.2, -0.15) is 0 Å². The standard InChI is InChI=1S/C6H10O4.C4H4O4/c7-5(8)3-1-2-4-6(9)10;5-3(6)1-2-4(7)8/h1-4H2,(H,7,8)(H,9,10);1-2H,(H,5,6)(H,7,8). The molecule has 0 aliphatic heterocycles. The lowest BCUT2D eigenvalue weighted by Crippen LogP contribution is -1.97. The zero-order chi connectivity index (χ0) is 14.6. The fourth-order valence-electron chi connectivity index (χ4n) is 0.695. The summed E-state index contributed by atoms with van der Waals surface area (Å²) in [5.74, 6) is -4.25. The molecule has 0 aliphatic rings. The van der Waals surface area contributed by atoms with Crippen LogP contribution >= 0.6 is 0 Å². The van der Waals surface area contributed by atoms with Crippen LogP contribution < -0.4 is 0 Å². The average molecular weight is 262 g/mol. The number of unbranched alkanes of at least 4 members (excludes halogenated alkanes) is 1. The van der Waals surface area contributed by atoms with E-state index in [1.54, 1.807) is 0 Å². The summed E-state index contributed by atoms with van der Waals surface area (Å²) < 4.78 is 0. The molecule has 0 fully saturated rings. The van der Waals surface area contributed by atoms with Crippen LogP contribution in [0.2, 0.25) is 0 Å².